The second-order valence-corrected chi connectivity index (χ2v) is 7.35. The number of ether oxygens (including phenoxy) is 1. The van der Waals surface area contributed by atoms with Gasteiger partial charge in [-0.3, -0.25) is 4.79 Å². The Morgan fingerprint density at radius 1 is 1.42 bits per heavy atom. The van der Waals surface area contributed by atoms with Crippen LogP contribution in [-0.4, -0.2) is 48.1 Å². The maximum absolute atomic E-state index is 12.3. The third-order valence-corrected chi connectivity index (χ3v) is 5.37. The molecule has 0 bridgehead atoms. The Morgan fingerprint density at radius 3 is 2.75 bits per heavy atom. The van der Waals surface area contributed by atoms with Gasteiger partial charge in [0, 0.05) is 12.1 Å². The predicted octanol–water partition coefficient (Wildman–Crippen LogP) is 0.754. The van der Waals surface area contributed by atoms with Gasteiger partial charge in [0.25, 0.3) is 5.91 Å². The molecule has 136 valence electrons. The number of hydrogen-bond donors (Lipinski definition) is 3. The van der Waals surface area contributed by atoms with Crippen molar-refractivity contribution in [3.63, 3.8) is 0 Å². The van der Waals surface area contributed by atoms with Crippen LogP contribution in [0.3, 0.4) is 0 Å². The molecule has 7 nitrogen and oxygen atoms in total. The average Bonchev–Trinajstić information content (AvgIpc) is 2.60. The molecule has 1 saturated heterocycles. The largest absolute Gasteiger partial charge is 0.495 e. The van der Waals surface area contributed by atoms with Crippen molar-refractivity contribution in [3.05, 3.63) is 23.8 Å². The Morgan fingerprint density at radius 2 is 2.17 bits per heavy atom. The van der Waals surface area contributed by atoms with E-state index in [1.54, 1.807) is 6.07 Å². The van der Waals surface area contributed by atoms with Gasteiger partial charge in [0.05, 0.1) is 7.11 Å². The number of rotatable bonds is 6. The van der Waals surface area contributed by atoms with Crippen molar-refractivity contribution in [3.8, 4) is 5.75 Å². The highest BCUT2D eigenvalue weighted by atomic mass is 35.5. The number of benzene rings is 1. The van der Waals surface area contributed by atoms with Gasteiger partial charge in [-0.15, -0.1) is 12.4 Å². The van der Waals surface area contributed by atoms with Crippen LogP contribution in [0.1, 0.15) is 23.2 Å². The molecule has 1 aromatic carbocycles. The van der Waals surface area contributed by atoms with Gasteiger partial charge < -0.3 is 15.4 Å². The fraction of sp³-hybridized carbons (Fsp3) is 0.533. The predicted molar refractivity (Wildman–Crippen MR) is 94.4 cm³/mol. The Bertz CT molecular complexity index is 661. The Balaban J connectivity index is 0.00000288. The number of piperidine rings is 1. The van der Waals surface area contributed by atoms with Crippen molar-refractivity contribution < 1.29 is 17.9 Å². The molecule has 9 heteroatoms. The zero-order chi connectivity index (χ0) is 16.9. The minimum Gasteiger partial charge on any atom is -0.495 e. The van der Waals surface area contributed by atoms with Crippen LogP contribution in [-0.2, 0) is 10.0 Å². The van der Waals surface area contributed by atoms with Gasteiger partial charge in [0.2, 0.25) is 10.0 Å². The van der Waals surface area contributed by atoms with E-state index < -0.39 is 10.0 Å². The summed E-state index contributed by atoms with van der Waals surface area (Å²) in [6, 6.07) is 4.38. The number of halogens is 1. The molecule has 0 saturated carbocycles. The molecule has 1 aliphatic rings. The van der Waals surface area contributed by atoms with E-state index in [4.69, 9.17) is 4.74 Å². The van der Waals surface area contributed by atoms with Crippen LogP contribution in [0.15, 0.2) is 23.1 Å². The normalized spacial score (nSPS) is 17.7. The van der Waals surface area contributed by atoms with Crippen LogP contribution in [0.2, 0.25) is 0 Å². The van der Waals surface area contributed by atoms with Crippen molar-refractivity contribution >= 4 is 28.3 Å². The molecule has 3 N–H and O–H groups in total. The van der Waals surface area contributed by atoms with E-state index in [2.05, 4.69) is 15.4 Å². The van der Waals surface area contributed by atoms with Crippen LogP contribution in [0, 0.1) is 5.92 Å². The highest BCUT2D eigenvalue weighted by Crippen LogP contribution is 2.24. The second-order valence-electron chi connectivity index (χ2n) is 5.50. The van der Waals surface area contributed by atoms with E-state index in [0.29, 0.717) is 18.0 Å². The van der Waals surface area contributed by atoms with E-state index in [9.17, 15) is 13.2 Å². The maximum Gasteiger partial charge on any atom is 0.251 e. The lowest BCUT2D eigenvalue weighted by atomic mass is 9.99. The molecule has 0 radical (unpaired) electrons. The van der Waals surface area contributed by atoms with Gasteiger partial charge in [-0.2, -0.15) is 0 Å². The molecular weight excluding hydrogens is 354 g/mol. The summed E-state index contributed by atoms with van der Waals surface area (Å²) in [6.45, 7) is 2.49. The minimum absolute atomic E-state index is 0. The lowest BCUT2D eigenvalue weighted by molar-refractivity contribution is 0.0944. The van der Waals surface area contributed by atoms with Crippen molar-refractivity contribution in [2.75, 3.05) is 33.8 Å². The number of carbonyl (C=O) groups excluding carboxylic acids is 1. The van der Waals surface area contributed by atoms with E-state index in [1.807, 2.05) is 0 Å². The molecule has 1 heterocycles. The van der Waals surface area contributed by atoms with Crippen molar-refractivity contribution in [2.24, 2.45) is 5.92 Å². The first-order valence-corrected chi connectivity index (χ1v) is 9.06. The number of carbonyl (C=O) groups is 1. The molecule has 0 aromatic heterocycles. The van der Waals surface area contributed by atoms with Gasteiger partial charge in [0.15, 0.2) is 0 Å². The molecule has 1 unspecified atom stereocenters. The van der Waals surface area contributed by atoms with Crippen LogP contribution in [0.4, 0.5) is 0 Å². The summed E-state index contributed by atoms with van der Waals surface area (Å²) >= 11 is 0. The number of sulfonamides is 1. The first-order valence-electron chi connectivity index (χ1n) is 7.58. The second kappa shape index (κ2) is 9.22. The number of nitrogens with one attached hydrogen (secondary N) is 3. The van der Waals surface area contributed by atoms with Gasteiger partial charge >= 0.3 is 0 Å². The van der Waals surface area contributed by atoms with E-state index >= 15 is 0 Å². The van der Waals surface area contributed by atoms with E-state index in [-0.39, 0.29) is 29.0 Å². The fourth-order valence-corrected chi connectivity index (χ4v) is 3.49. The van der Waals surface area contributed by atoms with Gasteiger partial charge in [-0.1, -0.05) is 0 Å². The highest BCUT2D eigenvalue weighted by molar-refractivity contribution is 7.89. The zero-order valence-corrected chi connectivity index (χ0v) is 15.4. The third-order valence-electron chi connectivity index (χ3n) is 3.93. The SMILES string of the molecule is CNS(=O)(=O)c1cc(C(=O)NCC2CCCNC2)ccc1OC.Cl. The number of hydrogen-bond acceptors (Lipinski definition) is 5. The molecule has 0 aliphatic carbocycles. The van der Waals surface area contributed by atoms with Crippen molar-refractivity contribution in [2.45, 2.75) is 17.7 Å². The van der Waals surface area contributed by atoms with Crippen LogP contribution in [0.5, 0.6) is 5.75 Å². The number of amides is 1. The van der Waals surface area contributed by atoms with Crippen LogP contribution < -0.4 is 20.1 Å². The molecular formula is C15H24ClN3O4S. The van der Waals surface area contributed by atoms with Gasteiger partial charge in [-0.05, 0) is 57.1 Å². The van der Waals surface area contributed by atoms with E-state index in [0.717, 1.165) is 25.9 Å². The molecule has 1 atom stereocenters. The van der Waals surface area contributed by atoms with Crippen LogP contribution in [0.25, 0.3) is 0 Å². The first-order chi connectivity index (χ1) is 11.0. The van der Waals surface area contributed by atoms with Gasteiger partial charge in [-0.25, -0.2) is 13.1 Å². The van der Waals surface area contributed by atoms with E-state index in [1.165, 1.54) is 26.3 Å². The quantitative estimate of drug-likeness (QED) is 0.680. The third kappa shape index (κ3) is 5.07. The Kier molecular flexibility index (Phi) is 7.95. The number of methoxy groups -OCH3 is 1. The summed E-state index contributed by atoms with van der Waals surface area (Å²) in [5, 5.41) is 6.16. The Labute approximate surface area is 149 Å². The lowest BCUT2D eigenvalue weighted by Crippen LogP contribution is -2.38. The monoisotopic (exact) mass is 377 g/mol. The maximum atomic E-state index is 12.3. The summed E-state index contributed by atoms with van der Waals surface area (Å²) in [7, 11) is -0.992. The summed E-state index contributed by atoms with van der Waals surface area (Å²) in [5.41, 5.74) is 0.295. The Hall–Kier alpha value is -1.35. The summed E-state index contributed by atoms with van der Waals surface area (Å²) in [6.07, 6.45) is 2.18. The molecule has 0 spiro atoms. The highest BCUT2D eigenvalue weighted by Gasteiger charge is 2.21. The summed E-state index contributed by atoms with van der Waals surface area (Å²) < 4.78 is 31.4. The standard InChI is InChI=1S/C15H23N3O4S.ClH/c1-16-23(20,21)14-8-12(5-6-13(14)22-2)15(19)18-10-11-4-3-7-17-9-11;/h5-6,8,11,16-17H,3-4,7,9-10H2,1-2H3,(H,18,19);1H. The molecule has 1 amide bonds. The van der Waals surface area contributed by atoms with Gasteiger partial charge in [0.1, 0.15) is 10.6 Å². The molecule has 1 aromatic rings. The molecule has 24 heavy (non-hydrogen) atoms. The first kappa shape index (κ1) is 20.7. The molecule has 1 aliphatic heterocycles. The van der Waals surface area contributed by atoms with Crippen molar-refractivity contribution in [1.29, 1.82) is 0 Å². The molecule has 1 fully saturated rings. The molecule has 2 rings (SSSR count). The van der Waals surface area contributed by atoms with Crippen molar-refractivity contribution in [1.82, 2.24) is 15.4 Å². The average molecular weight is 378 g/mol. The fourth-order valence-electron chi connectivity index (χ4n) is 2.58. The summed E-state index contributed by atoms with van der Waals surface area (Å²) in [5.74, 6) is 0.324. The summed E-state index contributed by atoms with van der Waals surface area (Å²) in [4.78, 5) is 12.2. The van der Waals surface area contributed by atoms with Crippen LogP contribution >= 0.6 is 12.4 Å². The lowest BCUT2D eigenvalue weighted by Gasteiger charge is -2.22. The minimum atomic E-state index is -3.70. The zero-order valence-electron chi connectivity index (χ0n) is 13.8. The smallest absolute Gasteiger partial charge is 0.251 e. The topological polar surface area (TPSA) is 96.5 Å².